The van der Waals surface area contributed by atoms with Crippen molar-refractivity contribution in [3.63, 3.8) is 0 Å². The summed E-state index contributed by atoms with van der Waals surface area (Å²) in [5.74, 6) is -7.54. The normalized spacial score (nSPS) is 16.6. The number of hydrogen-bond donors (Lipinski definition) is 0. The molecule has 0 fully saturated rings. The maximum absolute atomic E-state index is 13.0. The Kier molecular flexibility index (Phi) is 4.02. The second-order valence-corrected chi connectivity index (χ2v) is 4.67. The van der Waals surface area contributed by atoms with Crippen LogP contribution in [-0.4, -0.2) is 36.0 Å². The summed E-state index contributed by atoms with van der Waals surface area (Å²) in [6.07, 6.45) is -4.12. The molecule has 0 atom stereocenters. The summed E-state index contributed by atoms with van der Waals surface area (Å²) >= 11 is 0. The van der Waals surface area contributed by atoms with Crippen LogP contribution in [0, 0.1) is 0 Å². The van der Waals surface area contributed by atoms with E-state index in [4.69, 9.17) is 0 Å². The Morgan fingerprint density at radius 3 is 2.14 bits per heavy atom. The summed E-state index contributed by atoms with van der Waals surface area (Å²) in [6.45, 7) is -0.417. The largest absolute Gasteiger partial charge is 0.463 e. The first kappa shape index (κ1) is 15.5. The second-order valence-electron chi connectivity index (χ2n) is 4.67. The number of benzene rings is 1. The van der Waals surface area contributed by atoms with Gasteiger partial charge in [-0.05, 0) is 17.6 Å². The van der Waals surface area contributed by atoms with Crippen LogP contribution in [0.3, 0.4) is 0 Å². The van der Waals surface area contributed by atoms with Gasteiger partial charge in [-0.25, -0.2) is 0 Å². The molecule has 0 saturated carbocycles. The molecule has 21 heavy (non-hydrogen) atoms. The molecule has 1 heterocycles. The van der Waals surface area contributed by atoms with Crippen LogP contribution < -0.4 is 0 Å². The first-order chi connectivity index (χ1) is 9.73. The summed E-state index contributed by atoms with van der Waals surface area (Å²) < 4.78 is 62.5. The maximum atomic E-state index is 13.0. The minimum absolute atomic E-state index is 0.161. The minimum Gasteiger partial charge on any atom is -0.333 e. The van der Waals surface area contributed by atoms with Gasteiger partial charge in [-0.1, -0.05) is 36.4 Å². The van der Waals surface area contributed by atoms with Crippen LogP contribution >= 0.6 is 0 Å². The van der Waals surface area contributed by atoms with Crippen molar-refractivity contribution in [2.45, 2.75) is 18.5 Å². The Morgan fingerprint density at radius 1 is 1.05 bits per heavy atom. The fraction of sp³-hybridized carbons (Fsp3) is 0.357. The molecule has 1 amide bonds. The summed E-state index contributed by atoms with van der Waals surface area (Å²) in [5, 5.41) is 0. The van der Waals surface area contributed by atoms with E-state index in [1.165, 1.54) is 6.08 Å². The van der Waals surface area contributed by atoms with E-state index in [2.05, 4.69) is 0 Å². The highest BCUT2D eigenvalue weighted by molar-refractivity contribution is 5.85. The van der Waals surface area contributed by atoms with E-state index in [1.807, 2.05) is 18.2 Å². The lowest BCUT2D eigenvalue weighted by Gasteiger charge is -2.30. The average molecular weight is 305 g/mol. The van der Waals surface area contributed by atoms with Crippen molar-refractivity contribution in [3.05, 3.63) is 42.0 Å². The summed E-state index contributed by atoms with van der Waals surface area (Å²) in [5.41, 5.74) is 1.70. The molecule has 0 spiro atoms. The number of halogens is 5. The first-order valence-electron chi connectivity index (χ1n) is 6.22. The third kappa shape index (κ3) is 3.06. The molecule has 1 aliphatic rings. The van der Waals surface area contributed by atoms with Crippen molar-refractivity contribution in [2.75, 3.05) is 13.1 Å². The second kappa shape index (κ2) is 5.46. The molecule has 114 valence electrons. The monoisotopic (exact) mass is 305 g/mol. The fourth-order valence-electron chi connectivity index (χ4n) is 2.09. The Balaban J connectivity index is 2.11. The van der Waals surface area contributed by atoms with E-state index in [1.54, 1.807) is 12.1 Å². The van der Waals surface area contributed by atoms with Crippen LogP contribution in [0.15, 0.2) is 36.4 Å². The van der Waals surface area contributed by atoms with Crippen molar-refractivity contribution in [1.82, 2.24) is 4.90 Å². The molecule has 0 radical (unpaired) electrons. The lowest BCUT2D eigenvalue weighted by molar-refractivity contribution is -0.274. The molecule has 0 saturated heterocycles. The molecule has 7 heteroatoms. The van der Waals surface area contributed by atoms with Gasteiger partial charge < -0.3 is 4.90 Å². The third-order valence-electron chi connectivity index (χ3n) is 3.27. The van der Waals surface area contributed by atoms with Crippen LogP contribution in [0.25, 0.3) is 5.57 Å². The van der Waals surface area contributed by atoms with Gasteiger partial charge in [-0.15, -0.1) is 0 Å². The zero-order valence-electron chi connectivity index (χ0n) is 10.8. The molecule has 0 aliphatic carbocycles. The highest BCUT2D eigenvalue weighted by atomic mass is 19.4. The van der Waals surface area contributed by atoms with Gasteiger partial charge in [0.1, 0.15) is 0 Å². The highest BCUT2D eigenvalue weighted by Gasteiger charge is 2.64. The number of nitrogens with zero attached hydrogens (tertiary/aromatic N) is 1. The Morgan fingerprint density at radius 2 is 1.67 bits per heavy atom. The van der Waals surface area contributed by atoms with E-state index in [0.29, 0.717) is 4.90 Å². The third-order valence-corrected chi connectivity index (χ3v) is 3.27. The molecule has 2 nitrogen and oxygen atoms in total. The summed E-state index contributed by atoms with van der Waals surface area (Å²) in [4.78, 5) is 11.9. The zero-order chi connectivity index (χ0) is 15.7. The van der Waals surface area contributed by atoms with Crippen LogP contribution in [0.1, 0.15) is 12.0 Å². The standard InChI is InChI=1S/C14H12F5NO/c15-13(16,14(17,18)19)12(21)20-8-6-11(7-9-20)10-4-2-1-3-5-10/h1-6H,7-9H2. The van der Waals surface area contributed by atoms with Crippen molar-refractivity contribution in [3.8, 4) is 0 Å². The lowest BCUT2D eigenvalue weighted by atomic mass is 9.99. The molecule has 0 bridgehead atoms. The fourth-order valence-corrected chi connectivity index (χ4v) is 2.09. The van der Waals surface area contributed by atoms with Gasteiger partial charge in [0.25, 0.3) is 0 Å². The summed E-state index contributed by atoms with van der Waals surface area (Å²) in [6, 6.07) is 9.03. The molecular weight excluding hydrogens is 293 g/mol. The maximum Gasteiger partial charge on any atom is 0.463 e. The molecule has 1 aromatic carbocycles. The number of hydrogen-bond acceptors (Lipinski definition) is 1. The van der Waals surface area contributed by atoms with E-state index >= 15 is 0 Å². The van der Waals surface area contributed by atoms with Gasteiger partial charge in [0, 0.05) is 13.1 Å². The van der Waals surface area contributed by atoms with Gasteiger partial charge in [0.05, 0.1) is 0 Å². The predicted molar refractivity (Wildman–Crippen MR) is 66.6 cm³/mol. The number of carbonyl (C=O) groups is 1. The van der Waals surface area contributed by atoms with Gasteiger partial charge in [-0.2, -0.15) is 22.0 Å². The van der Waals surface area contributed by atoms with Crippen LogP contribution in [0.5, 0.6) is 0 Å². The van der Waals surface area contributed by atoms with Crippen molar-refractivity contribution in [2.24, 2.45) is 0 Å². The highest BCUT2D eigenvalue weighted by Crippen LogP contribution is 2.37. The molecule has 1 aliphatic heterocycles. The van der Waals surface area contributed by atoms with E-state index in [-0.39, 0.29) is 19.5 Å². The van der Waals surface area contributed by atoms with Crippen molar-refractivity contribution >= 4 is 11.5 Å². The van der Waals surface area contributed by atoms with Crippen molar-refractivity contribution in [1.29, 1.82) is 0 Å². The molecule has 0 aromatic heterocycles. The topological polar surface area (TPSA) is 20.3 Å². The number of rotatable bonds is 2. The van der Waals surface area contributed by atoms with E-state index < -0.39 is 18.0 Å². The first-order valence-corrected chi connectivity index (χ1v) is 6.22. The van der Waals surface area contributed by atoms with Gasteiger partial charge in [0.15, 0.2) is 0 Å². The molecule has 1 aromatic rings. The van der Waals surface area contributed by atoms with Crippen LogP contribution in [-0.2, 0) is 4.79 Å². The molecule has 2 rings (SSSR count). The summed E-state index contributed by atoms with van der Waals surface area (Å²) in [7, 11) is 0. The Labute approximate surface area is 117 Å². The van der Waals surface area contributed by atoms with Gasteiger partial charge >= 0.3 is 18.0 Å². The Hall–Kier alpha value is -1.92. The average Bonchev–Trinajstić information content (AvgIpc) is 2.46. The lowest BCUT2D eigenvalue weighted by Crippen LogP contribution is -2.53. The van der Waals surface area contributed by atoms with Crippen LogP contribution in [0.4, 0.5) is 22.0 Å². The van der Waals surface area contributed by atoms with E-state index in [9.17, 15) is 26.7 Å². The predicted octanol–water partition coefficient (Wildman–Crippen LogP) is 3.50. The Bertz CT molecular complexity index is 550. The number of alkyl halides is 5. The molecular formula is C14H12F5NO. The number of amides is 1. The van der Waals surface area contributed by atoms with Crippen LogP contribution in [0.2, 0.25) is 0 Å². The zero-order valence-corrected chi connectivity index (χ0v) is 10.8. The quantitative estimate of drug-likeness (QED) is 0.766. The molecule has 0 unspecified atom stereocenters. The SMILES string of the molecule is O=C(N1CC=C(c2ccccc2)CC1)C(F)(F)C(F)(F)F. The smallest absolute Gasteiger partial charge is 0.333 e. The number of carbonyl (C=O) groups excluding carboxylic acids is 1. The van der Waals surface area contributed by atoms with Crippen molar-refractivity contribution < 1.29 is 26.7 Å². The van der Waals surface area contributed by atoms with Gasteiger partial charge in [-0.3, -0.25) is 4.79 Å². The molecule has 0 N–H and O–H groups in total. The van der Waals surface area contributed by atoms with Gasteiger partial charge in [0.2, 0.25) is 0 Å². The minimum atomic E-state index is -5.87. The van der Waals surface area contributed by atoms with E-state index in [0.717, 1.165) is 11.1 Å².